The topological polar surface area (TPSA) is 68.8 Å². The SMILES string of the molecule is CC(C)NCCSc1nnc(N)n1C. The van der Waals surface area contributed by atoms with Gasteiger partial charge in [0.25, 0.3) is 0 Å². The highest BCUT2D eigenvalue weighted by atomic mass is 32.2. The maximum atomic E-state index is 5.55. The Morgan fingerprint density at radius 1 is 1.50 bits per heavy atom. The number of nitrogen functional groups attached to an aromatic ring is 1. The van der Waals surface area contributed by atoms with Crippen LogP contribution in [0.25, 0.3) is 0 Å². The molecule has 0 aliphatic carbocycles. The fraction of sp³-hybridized carbons (Fsp3) is 0.750. The van der Waals surface area contributed by atoms with Crippen molar-refractivity contribution in [2.45, 2.75) is 25.0 Å². The van der Waals surface area contributed by atoms with Crippen LogP contribution >= 0.6 is 11.8 Å². The van der Waals surface area contributed by atoms with Crippen molar-refractivity contribution in [3.8, 4) is 0 Å². The summed E-state index contributed by atoms with van der Waals surface area (Å²) < 4.78 is 1.79. The van der Waals surface area contributed by atoms with Crippen LogP contribution in [0.1, 0.15) is 13.8 Å². The van der Waals surface area contributed by atoms with Crippen LogP contribution in [0, 0.1) is 0 Å². The molecule has 0 saturated heterocycles. The average molecular weight is 215 g/mol. The second-order valence-corrected chi connectivity index (χ2v) is 4.42. The summed E-state index contributed by atoms with van der Waals surface area (Å²) in [6.45, 7) is 5.23. The number of nitrogens with two attached hydrogens (primary N) is 1. The average Bonchev–Trinajstić information content (AvgIpc) is 2.43. The van der Waals surface area contributed by atoms with Gasteiger partial charge in [0.1, 0.15) is 0 Å². The lowest BCUT2D eigenvalue weighted by Gasteiger charge is -2.06. The molecule has 0 spiro atoms. The van der Waals surface area contributed by atoms with E-state index in [1.165, 1.54) is 0 Å². The minimum atomic E-state index is 0.462. The first-order valence-corrected chi connectivity index (χ1v) is 5.61. The molecule has 0 radical (unpaired) electrons. The van der Waals surface area contributed by atoms with Gasteiger partial charge >= 0.3 is 0 Å². The summed E-state index contributed by atoms with van der Waals surface area (Å²) in [7, 11) is 1.87. The van der Waals surface area contributed by atoms with E-state index in [2.05, 4.69) is 29.4 Å². The van der Waals surface area contributed by atoms with Crippen molar-refractivity contribution in [1.29, 1.82) is 0 Å². The van der Waals surface area contributed by atoms with Crippen molar-refractivity contribution in [2.24, 2.45) is 7.05 Å². The lowest BCUT2D eigenvalue weighted by molar-refractivity contribution is 0.615. The lowest BCUT2D eigenvalue weighted by Crippen LogP contribution is -2.25. The molecule has 5 nitrogen and oxygen atoms in total. The third kappa shape index (κ3) is 3.19. The number of hydrogen-bond donors (Lipinski definition) is 2. The predicted molar refractivity (Wildman–Crippen MR) is 59.3 cm³/mol. The Morgan fingerprint density at radius 2 is 2.21 bits per heavy atom. The first-order valence-electron chi connectivity index (χ1n) is 4.62. The second-order valence-electron chi connectivity index (χ2n) is 3.36. The maximum absolute atomic E-state index is 5.55. The molecule has 0 aliphatic heterocycles. The Kier molecular flexibility index (Phi) is 4.21. The molecular weight excluding hydrogens is 198 g/mol. The Bertz CT molecular complexity index is 283. The molecule has 0 unspecified atom stereocenters. The van der Waals surface area contributed by atoms with Crippen molar-refractivity contribution >= 4 is 17.7 Å². The van der Waals surface area contributed by atoms with E-state index < -0.39 is 0 Å². The molecule has 14 heavy (non-hydrogen) atoms. The van der Waals surface area contributed by atoms with E-state index in [1.807, 2.05) is 7.05 Å². The number of rotatable bonds is 5. The molecule has 0 saturated carbocycles. The molecule has 6 heteroatoms. The molecule has 0 amide bonds. The normalized spacial score (nSPS) is 11.1. The van der Waals surface area contributed by atoms with E-state index in [0.717, 1.165) is 17.5 Å². The molecule has 3 N–H and O–H groups in total. The quantitative estimate of drug-likeness (QED) is 0.552. The fourth-order valence-electron chi connectivity index (χ4n) is 0.942. The number of anilines is 1. The molecule has 1 aromatic heterocycles. The van der Waals surface area contributed by atoms with Crippen LogP contribution < -0.4 is 11.1 Å². The van der Waals surface area contributed by atoms with Crippen LogP contribution in [-0.2, 0) is 7.05 Å². The Hall–Kier alpha value is -0.750. The number of aromatic nitrogens is 3. The Morgan fingerprint density at radius 3 is 2.71 bits per heavy atom. The monoisotopic (exact) mass is 215 g/mol. The van der Waals surface area contributed by atoms with Crippen LogP contribution in [0.2, 0.25) is 0 Å². The van der Waals surface area contributed by atoms with Crippen LogP contribution in [0.4, 0.5) is 5.95 Å². The van der Waals surface area contributed by atoms with Crippen molar-refractivity contribution in [3.05, 3.63) is 0 Å². The molecule has 80 valence electrons. The van der Waals surface area contributed by atoms with Crippen LogP contribution in [0.5, 0.6) is 0 Å². The highest BCUT2D eigenvalue weighted by Gasteiger charge is 2.05. The third-order valence-corrected chi connectivity index (χ3v) is 2.78. The van der Waals surface area contributed by atoms with Gasteiger partial charge in [-0.05, 0) is 0 Å². The first-order chi connectivity index (χ1) is 6.61. The van der Waals surface area contributed by atoms with Crippen molar-refractivity contribution < 1.29 is 0 Å². The summed E-state index contributed by atoms with van der Waals surface area (Å²) in [5.74, 6) is 1.44. The minimum absolute atomic E-state index is 0.462. The standard InChI is InChI=1S/C8H17N5S/c1-6(2)10-4-5-14-8-12-11-7(9)13(8)3/h6,10H,4-5H2,1-3H3,(H2,9,11). The molecule has 0 aliphatic rings. The van der Waals surface area contributed by atoms with E-state index in [9.17, 15) is 0 Å². The van der Waals surface area contributed by atoms with Gasteiger partial charge in [-0.25, -0.2) is 0 Å². The van der Waals surface area contributed by atoms with Gasteiger partial charge in [0.05, 0.1) is 0 Å². The zero-order valence-corrected chi connectivity index (χ0v) is 9.64. The van der Waals surface area contributed by atoms with Crippen LogP contribution in [0.3, 0.4) is 0 Å². The van der Waals surface area contributed by atoms with E-state index in [0.29, 0.717) is 12.0 Å². The third-order valence-electron chi connectivity index (χ3n) is 1.75. The number of hydrogen-bond acceptors (Lipinski definition) is 5. The van der Waals surface area contributed by atoms with Gasteiger partial charge in [-0.3, -0.25) is 4.57 Å². The Labute approximate surface area is 88.5 Å². The molecule has 0 aromatic carbocycles. The number of nitrogens with one attached hydrogen (secondary N) is 1. The highest BCUT2D eigenvalue weighted by molar-refractivity contribution is 7.99. The molecule has 1 rings (SSSR count). The van der Waals surface area contributed by atoms with Crippen molar-refractivity contribution in [1.82, 2.24) is 20.1 Å². The van der Waals surface area contributed by atoms with Gasteiger partial charge in [-0.15, -0.1) is 10.2 Å². The predicted octanol–water partition coefficient (Wildman–Crippen LogP) is 0.487. The van der Waals surface area contributed by atoms with Gasteiger partial charge in [0.15, 0.2) is 5.16 Å². The van der Waals surface area contributed by atoms with Gasteiger partial charge in [-0.2, -0.15) is 0 Å². The molecule has 0 atom stereocenters. The zero-order chi connectivity index (χ0) is 10.6. The maximum Gasteiger partial charge on any atom is 0.222 e. The second kappa shape index (κ2) is 5.21. The first kappa shape index (κ1) is 11.3. The smallest absolute Gasteiger partial charge is 0.222 e. The molecule has 0 bridgehead atoms. The summed E-state index contributed by atoms with van der Waals surface area (Å²) in [5, 5.41) is 11.9. The van der Waals surface area contributed by atoms with Crippen molar-refractivity contribution in [2.75, 3.05) is 18.0 Å². The van der Waals surface area contributed by atoms with Crippen LogP contribution in [0.15, 0.2) is 5.16 Å². The summed E-state index contributed by atoms with van der Waals surface area (Å²) in [6, 6.07) is 0.528. The molecule has 1 aromatic rings. The van der Waals surface area contributed by atoms with Gasteiger partial charge < -0.3 is 11.1 Å². The van der Waals surface area contributed by atoms with E-state index in [1.54, 1.807) is 16.3 Å². The summed E-state index contributed by atoms with van der Waals surface area (Å²) >= 11 is 1.66. The summed E-state index contributed by atoms with van der Waals surface area (Å²) in [6.07, 6.45) is 0. The number of thioether (sulfide) groups is 1. The van der Waals surface area contributed by atoms with Gasteiger partial charge in [0.2, 0.25) is 5.95 Å². The minimum Gasteiger partial charge on any atom is -0.368 e. The molecule has 0 fully saturated rings. The van der Waals surface area contributed by atoms with Gasteiger partial charge in [-0.1, -0.05) is 25.6 Å². The largest absolute Gasteiger partial charge is 0.368 e. The van der Waals surface area contributed by atoms with Gasteiger partial charge in [0, 0.05) is 25.4 Å². The highest BCUT2D eigenvalue weighted by Crippen LogP contribution is 2.15. The Balaban J connectivity index is 2.28. The number of nitrogens with zero attached hydrogens (tertiary/aromatic N) is 3. The fourth-order valence-corrected chi connectivity index (χ4v) is 1.73. The van der Waals surface area contributed by atoms with Crippen molar-refractivity contribution in [3.63, 3.8) is 0 Å². The zero-order valence-electron chi connectivity index (χ0n) is 8.82. The lowest BCUT2D eigenvalue weighted by atomic mass is 10.4. The molecule has 1 heterocycles. The van der Waals surface area contributed by atoms with E-state index >= 15 is 0 Å². The van der Waals surface area contributed by atoms with Crippen LogP contribution in [-0.4, -0.2) is 33.1 Å². The summed E-state index contributed by atoms with van der Waals surface area (Å²) in [4.78, 5) is 0. The molecular formula is C8H17N5S. The van der Waals surface area contributed by atoms with E-state index in [-0.39, 0.29) is 0 Å². The summed E-state index contributed by atoms with van der Waals surface area (Å²) in [5.41, 5.74) is 5.55. The van der Waals surface area contributed by atoms with E-state index in [4.69, 9.17) is 5.73 Å².